The number of carbonyl (C=O) groups is 1. The third-order valence-corrected chi connectivity index (χ3v) is 6.92. The summed E-state index contributed by atoms with van der Waals surface area (Å²) in [6.45, 7) is 1.98. The van der Waals surface area contributed by atoms with Crippen molar-refractivity contribution in [2.75, 3.05) is 6.61 Å². The van der Waals surface area contributed by atoms with E-state index >= 15 is 0 Å². The van der Waals surface area contributed by atoms with Crippen molar-refractivity contribution >= 4 is 51.7 Å². The van der Waals surface area contributed by atoms with E-state index < -0.39 is 12.0 Å². The van der Waals surface area contributed by atoms with E-state index in [1.54, 1.807) is 17.6 Å². The molecule has 1 aliphatic heterocycles. The lowest BCUT2D eigenvalue weighted by molar-refractivity contribution is -0.138. The lowest BCUT2D eigenvalue weighted by Crippen LogP contribution is -2.39. The van der Waals surface area contributed by atoms with Crippen molar-refractivity contribution in [2.45, 2.75) is 13.0 Å². The molecular formula is C26H19IN2O4S. The smallest absolute Gasteiger partial charge is 0.338 e. The maximum atomic E-state index is 13.6. The van der Waals surface area contributed by atoms with Gasteiger partial charge in [-0.1, -0.05) is 72.0 Å². The highest BCUT2D eigenvalue weighted by atomic mass is 127. The molecule has 0 aliphatic carbocycles. The molecule has 34 heavy (non-hydrogen) atoms. The van der Waals surface area contributed by atoms with Crippen LogP contribution in [-0.2, 0) is 9.53 Å². The number of furan rings is 1. The number of hydrogen-bond donors (Lipinski definition) is 0. The average Bonchev–Trinajstić information content (AvgIpc) is 3.41. The summed E-state index contributed by atoms with van der Waals surface area (Å²) in [5.41, 5.74) is 2.19. The van der Waals surface area contributed by atoms with Crippen LogP contribution in [0.1, 0.15) is 29.9 Å². The number of thiazole rings is 1. The zero-order valence-electron chi connectivity index (χ0n) is 18.1. The minimum atomic E-state index is -0.675. The van der Waals surface area contributed by atoms with Crippen molar-refractivity contribution in [1.82, 2.24) is 4.57 Å². The van der Waals surface area contributed by atoms with Gasteiger partial charge in [-0.25, -0.2) is 9.79 Å². The van der Waals surface area contributed by atoms with Crippen LogP contribution in [0.4, 0.5) is 0 Å². The number of benzene rings is 2. The van der Waals surface area contributed by atoms with E-state index in [1.807, 2.05) is 72.8 Å². The number of esters is 1. The van der Waals surface area contributed by atoms with Crippen LogP contribution in [0.3, 0.4) is 0 Å². The monoisotopic (exact) mass is 582 g/mol. The van der Waals surface area contributed by atoms with Gasteiger partial charge in [0.05, 0.1) is 28.5 Å². The first kappa shape index (κ1) is 22.5. The standard InChI is InChI=1S/C26H19IN2O4S/c1-2-32-25(31)21-22(16-9-5-3-6-10-16)28-26-29(23(21)17-11-7-4-8-12-17)24(30)19(34-26)15-18-13-14-20(27)33-18/h3-15,23H,2H2,1H3/b19-15-/t23-/m1/s1. The minimum absolute atomic E-state index is 0.216. The average molecular weight is 582 g/mol. The van der Waals surface area contributed by atoms with Gasteiger partial charge in [-0.15, -0.1) is 0 Å². The van der Waals surface area contributed by atoms with E-state index in [-0.39, 0.29) is 12.2 Å². The summed E-state index contributed by atoms with van der Waals surface area (Å²) in [6, 6.07) is 22.0. The van der Waals surface area contributed by atoms with E-state index in [0.29, 0.717) is 26.4 Å². The van der Waals surface area contributed by atoms with Crippen molar-refractivity contribution < 1.29 is 13.9 Å². The van der Waals surface area contributed by atoms with Crippen LogP contribution in [0.5, 0.6) is 0 Å². The number of fused-ring (bicyclic) bond motifs is 1. The Morgan fingerprint density at radius 1 is 1.12 bits per heavy atom. The zero-order valence-corrected chi connectivity index (χ0v) is 21.1. The molecule has 4 aromatic rings. The van der Waals surface area contributed by atoms with Crippen LogP contribution in [0.25, 0.3) is 11.8 Å². The highest BCUT2D eigenvalue weighted by Gasteiger charge is 2.35. The molecule has 3 heterocycles. The molecule has 170 valence electrons. The highest BCUT2D eigenvalue weighted by Crippen LogP contribution is 2.35. The molecule has 0 fully saturated rings. The Morgan fingerprint density at radius 2 is 1.82 bits per heavy atom. The van der Waals surface area contributed by atoms with E-state index in [4.69, 9.17) is 14.1 Å². The molecule has 0 radical (unpaired) electrons. The SMILES string of the molecule is CCOC(=O)C1=C(c2ccccc2)N=c2s/c(=C\c3ccc(I)o3)c(=O)n2[C@@H]1c1ccccc1. The second kappa shape index (κ2) is 9.55. The van der Waals surface area contributed by atoms with Gasteiger partial charge >= 0.3 is 5.97 Å². The topological polar surface area (TPSA) is 73.8 Å². The first-order valence-corrected chi connectivity index (χ1v) is 12.5. The summed E-state index contributed by atoms with van der Waals surface area (Å²) in [5.74, 6) is 0.0904. The Labute approximate surface area is 212 Å². The number of halogens is 1. The zero-order chi connectivity index (χ0) is 23.7. The fourth-order valence-electron chi connectivity index (χ4n) is 3.93. The predicted molar refractivity (Wildman–Crippen MR) is 139 cm³/mol. The summed E-state index contributed by atoms with van der Waals surface area (Å²) >= 11 is 3.35. The Bertz CT molecular complexity index is 1570. The number of carbonyl (C=O) groups excluding carboxylic acids is 1. The second-order valence-corrected chi connectivity index (χ2v) is 9.56. The van der Waals surface area contributed by atoms with Crippen LogP contribution in [0.2, 0.25) is 0 Å². The Hall–Kier alpha value is -3.24. The largest absolute Gasteiger partial charge is 0.463 e. The quantitative estimate of drug-likeness (QED) is 0.262. The van der Waals surface area contributed by atoms with E-state index in [1.165, 1.54) is 11.3 Å². The maximum absolute atomic E-state index is 13.6. The van der Waals surface area contributed by atoms with E-state index in [9.17, 15) is 9.59 Å². The Balaban J connectivity index is 1.83. The molecule has 8 heteroatoms. The van der Waals surface area contributed by atoms with Crippen molar-refractivity contribution in [3.05, 3.63) is 119 Å². The number of rotatable bonds is 5. The van der Waals surface area contributed by atoms with Crippen LogP contribution in [0.15, 0.2) is 92.6 Å². The Kier molecular flexibility index (Phi) is 6.34. The van der Waals surface area contributed by atoms with Gasteiger partial charge in [0, 0.05) is 11.6 Å². The molecule has 0 saturated carbocycles. The molecule has 0 N–H and O–H groups in total. The van der Waals surface area contributed by atoms with Gasteiger partial charge in [0.1, 0.15) is 5.76 Å². The van der Waals surface area contributed by atoms with E-state index in [0.717, 1.165) is 14.9 Å². The Morgan fingerprint density at radius 3 is 2.47 bits per heavy atom. The molecule has 0 amide bonds. The lowest BCUT2D eigenvalue weighted by atomic mass is 9.93. The van der Waals surface area contributed by atoms with Gasteiger partial charge in [-0.3, -0.25) is 9.36 Å². The summed E-state index contributed by atoms with van der Waals surface area (Å²) in [5, 5.41) is 0. The molecule has 2 aromatic carbocycles. The van der Waals surface area contributed by atoms with Gasteiger partial charge < -0.3 is 9.15 Å². The summed E-state index contributed by atoms with van der Waals surface area (Å²) in [7, 11) is 0. The van der Waals surface area contributed by atoms with Crippen LogP contribution in [-0.4, -0.2) is 17.1 Å². The van der Waals surface area contributed by atoms with Crippen molar-refractivity contribution in [3.63, 3.8) is 0 Å². The molecule has 5 rings (SSSR count). The second-order valence-electron chi connectivity index (χ2n) is 7.48. The fourth-order valence-corrected chi connectivity index (χ4v) is 5.34. The number of nitrogens with zero attached hydrogens (tertiary/aromatic N) is 2. The molecule has 6 nitrogen and oxygen atoms in total. The fraction of sp³-hybridized carbons (Fsp3) is 0.115. The van der Waals surface area contributed by atoms with Gasteiger partial charge in [-0.2, -0.15) is 0 Å². The summed E-state index contributed by atoms with van der Waals surface area (Å²) in [6.07, 6.45) is 1.71. The van der Waals surface area contributed by atoms with Gasteiger partial charge in [0.25, 0.3) is 5.56 Å². The highest BCUT2D eigenvalue weighted by molar-refractivity contribution is 14.1. The van der Waals surface area contributed by atoms with Crippen LogP contribution >= 0.6 is 33.9 Å². The molecule has 0 unspecified atom stereocenters. The molecule has 0 bridgehead atoms. The number of aromatic nitrogens is 1. The normalized spacial score (nSPS) is 15.7. The minimum Gasteiger partial charge on any atom is -0.463 e. The van der Waals surface area contributed by atoms with Crippen LogP contribution < -0.4 is 14.9 Å². The first-order valence-electron chi connectivity index (χ1n) is 10.7. The van der Waals surface area contributed by atoms with Crippen LogP contribution in [0, 0.1) is 3.77 Å². The summed E-state index contributed by atoms with van der Waals surface area (Å²) < 4.78 is 13.9. The van der Waals surface area contributed by atoms with Crippen molar-refractivity contribution in [2.24, 2.45) is 4.99 Å². The van der Waals surface area contributed by atoms with Gasteiger partial charge in [-0.05, 0) is 47.2 Å². The van der Waals surface area contributed by atoms with Gasteiger partial charge in [0.2, 0.25) is 0 Å². The first-order chi connectivity index (χ1) is 16.6. The van der Waals surface area contributed by atoms with Gasteiger partial charge in [0.15, 0.2) is 8.57 Å². The third-order valence-electron chi connectivity index (χ3n) is 5.36. The molecule has 0 spiro atoms. The number of hydrogen-bond acceptors (Lipinski definition) is 6. The van der Waals surface area contributed by atoms with Crippen molar-refractivity contribution in [3.8, 4) is 0 Å². The predicted octanol–water partition coefficient (Wildman–Crippen LogP) is 4.13. The number of ether oxygens (including phenoxy) is 1. The molecule has 1 aliphatic rings. The molecule has 0 saturated heterocycles. The summed E-state index contributed by atoms with van der Waals surface area (Å²) in [4.78, 5) is 32.3. The van der Waals surface area contributed by atoms with E-state index in [2.05, 4.69) is 22.6 Å². The molecule has 1 atom stereocenters. The third kappa shape index (κ3) is 4.19. The molecule has 2 aromatic heterocycles. The molecular weight excluding hydrogens is 563 g/mol. The van der Waals surface area contributed by atoms with Crippen molar-refractivity contribution in [1.29, 1.82) is 0 Å². The lowest BCUT2D eigenvalue weighted by Gasteiger charge is -2.25. The maximum Gasteiger partial charge on any atom is 0.338 e.